The van der Waals surface area contributed by atoms with Crippen LogP contribution < -0.4 is 15.4 Å². The molecule has 0 aliphatic carbocycles. The molecular weight excluding hydrogens is 304 g/mol. The number of ether oxygens (including phenoxy) is 1. The second-order valence-corrected chi connectivity index (χ2v) is 7.20. The van der Waals surface area contributed by atoms with Gasteiger partial charge >= 0.3 is 0 Å². The first-order valence-corrected chi connectivity index (χ1v) is 8.49. The van der Waals surface area contributed by atoms with Crippen molar-refractivity contribution in [3.05, 3.63) is 29.8 Å². The molecule has 0 bridgehead atoms. The third-order valence-electron chi connectivity index (χ3n) is 3.33. The van der Waals surface area contributed by atoms with Gasteiger partial charge in [0.05, 0.1) is 6.10 Å². The second kappa shape index (κ2) is 9.30. The predicted molar refractivity (Wildman–Crippen MR) is 95.8 cm³/mol. The van der Waals surface area contributed by atoms with Crippen LogP contribution >= 0.6 is 0 Å². The molecule has 1 aromatic rings. The predicted octanol–water partition coefficient (Wildman–Crippen LogP) is 3.03. The number of carbonyl (C=O) groups is 2. The lowest BCUT2D eigenvalue weighted by atomic mass is 9.96. The molecule has 0 fully saturated rings. The van der Waals surface area contributed by atoms with Crippen LogP contribution in [-0.4, -0.2) is 24.5 Å². The third kappa shape index (κ3) is 7.99. The summed E-state index contributed by atoms with van der Waals surface area (Å²) in [4.78, 5) is 23.5. The molecule has 0 unspecified atom stereocenters. The Morgan fingerprint density at radius 2 is 1.71 bits per heavy atom. The van der Waals surface area contributed by atoms with Crippen LogP contribution in [-0.2, 0) is 16.1 Å². The number of hydrogen-bond acceptors (Lipinski definition) is 3. The summed E-state index contributed by atoms with van der Waals surface area (Å²) < 4.78 is 5.58. The Morgan fingerprint density at radius 3 is 2.25 bits per heavy atom. The number of benzene rings is 1. The van der Waals surface area contributed by atoms with Gasteiger partial charge in [-0.25, -0.2) is 0 Å². The molecule has 134 valence electrons. The zero-order chi connectivity index (χ0) is 18.2. The standard InChI is InChI=1S/C19H30N2O3/c1-14(2)24-16-10-8-15(9-11-16)13-21-17(22)7-6-12-20-18(23)19(3,4)5/h8-11,14H,6-7,12-13H2,1-5H3,(H,20,23)(H,21,22). The van der Waals surface area contributed by atoms with Gasteiger partial charge in [-0.15, -0.1) is 0 Å². The number of amides is 2. The van der Waals surface area contributed by atoms with E-state index in [9.17, 15) is 9.59 Å². The quantitative estimate of drug-likeness (QED) is 0.718. The minimum atomic E-state index is -0.395. The van der Waals surface area contributed by atoms with E-state index in [-0.39, 0.29) is 17.9 Å². The maximum absolute atomic E-state index is 11.8. The topological polar surface area (TPSA) is 67.4 Å². The van der Waals surface area contributed by atoms with Crippen molar-refractivity contribution in [2.75, 3.05) is 6.54 Å². The molecule has 0 radical (unpaired) electrons. The van der Waals surface area contributed by atoms with Gasteiger partial charge in [0.15, 0.2) is 0 Å². The largest absolute Gasteiger partial charge is 0.491 e. The molecule has 1 rings (SSSR count). The molecule has 2 amide bonds. The Labute approximate surface area is 145 Å². The smallest absolute Gasteiger partial charge is 0.225 e. The van der Waals surface area contributed by atoms with Gasteiger partial charge < -0.3 is 15.4 Å². The molecular formula is C19H30N2O3. The Kier molecular flexibility index (Phi) is 7.75. The zero-order valence-electron chi connectivity index (χ0n) is 15.4. The van der Waals surface area contributed by atoms with Gasteiger partial charge in [-0.3, -0.25) is 9.59 Å². The molecule has 0 atom stereocenters. The molecule has 0 aliphatic rings. The van der Waals surface area contributed by atoms with E-state index in [1.165, 1.54) is 0 Å². The van der Waals surface area contributed by atoms with Crippen molar-refractivity contribution in [1.82, 2.24) is 10.6 Å². The lowest BCUT2D eigenvalue weighted by Crippen LogP contribution is -2.35. The van der Waals surface area contributed by atoms with Gasteiger partial charge in [-0.05, 0) is 38.0 Å². The fraction of sp³-hybridized carbons (Fsp3) is 0.579. The van der Waals surface area contributed by atoms with Gasteiger partial charge in [0.25, 0.3) is 0 Å². The normalized spacial score (nSPS) is 11.2. The number of carbonyl (C=O) groups excluding carboxylic acids is 2. The Hall–Kier alpha value is -2.04. The van der Waals surface area contributed by atoms with E-state index in [1.807, 2.05) is 58.9 Å². The van der Waals surface area contributed by atoms with E-state index in [1.54, 1.807) is 0 Å². The molecule has 5 nitrogen and oxygen atoms in total. The molecule has 2 N–H and O–H groups in total. The molecule has 0 heterocycles. The number of nitrogens with one attached hydrogen (secondary N) is 2. The fourth-order valence-electron chi connectivity index (χ4n) is 1.96. The van der Waals surface area contributed by atoms with Crippen LogP contribution in [0.3, 0.4) is 0 Å². The molecule has 1 aromatic carbocycles. The van der Waals surface area contributed by atoms with Crippen molar-refractivity contribution in [2.45, 2.75) is 60.1 Å². The summed E-state index contributed by atoms with van der Waals surface area (Å²) in [6.07, 6.45) is 1.18. The number of hydrogen-bond donors (Lipinski definition) is 2. The first-order valence-electron chi connectivity index (χ1n) is 8.49. The molecule has 0 aliphatic heterocycles. The Morgan fingerprint density at radius 1 is 1.08 bits per heavy atom. The summed E-state index contributed by atoms with van der Waals surface area (Å²) in [6, 6.07) is 7.70. The maximum atomic E-state index is 11.8. The van der Waals surface area contributed by atoms with Crippen LogP contribution in [0.4, 0.5) is 0 Å². The summed E-state index contributed by atoms with van der Waals surface area (Å²) in [5, 5.41) is 5.73. The van der Waals surface area contributed by atoms with Gasteiger partial charge in [-0.2, -0.15) is 0 Å². The minimum Gasteiger partial charge on any atom is -0.491 e. The minimum absolute atomic E-state index is 0.00612. The second-order valence-electron chi connectivity index (χ2n) is 7.20. The highest BCUT2D eigenvalue weighted by Crippen LogP contribution is 2.14. The van der Waals surface area contributed by atoms with Crippen LogP contribution in [0, 0.1) is 5.41 Å². The van der Waals surface area contributed by atoms with Crippen LogP contribution in [0.25, 0.3) is 0 Å². The fourth-order valence-corrected chi connectivity index (χ4v) is 1.96. The van der Waals surface area contributed by atoms with Gasteiger partial charge in [0, 0.05) is 24.9 Å². The van der Waals surface area contributed by atoms with E-state index in [0.717, 1.165) is 11.3 Å². The monoisotopic (exact) mass is 334 g/mol. The van der Waals surface area contributed by atoms with Gasteiger partial charge in [0.2, 0.25) is 11.8 Å². The van der Waals surface area contributed by atoms with Crippen molar-refractivity contribution >= 4 is 11.8 Å². The van der Waals surface area contributed by atoms with Gasteiger partial charge in [-0.1, -0.05) is 32.9 Å². The first-order chi connectivity index (χ1) is 11.2. The van der Waals surface area contributed by atoms with Crippen molar-refractivity contribution < 1.29 is 14.3 Å². The lowest BCUT2D eigenvalue weighted by Gasteiger charge is -2.17. The highest BCUT2D eigenvalue weighted by molar-refractivity contribution is 5.81. The highest BCUT2D eigenvalue weighted by atomic mass is 16.5. The van der Waals surface area contributed by atoms with E-state index in [2.05, 4.69) is 10.6 Å². The summed E-state index contributed by atoms with van der Waals surface area (Å²) in [5.41, 5.74) is 0.633. The average molecular weight is 334 g/mol. The maximum Gasteiger partial charge on any atom is 0.225 e. The van der Waals surface area contributed by atoms with E-state index in [4.69, 9.17) is 4.74 Å². The van der Waals surface area contributed by atoms with E-state index >= 15 is 0 Å². The van der Waals surface area contributed by atoms with Crippen LogP contribution in [0.2, 0.25) is 0 Å². The summed E-state index contributed by atoms with van der Waals surface area (Å²) >= 11 is 0. The molecule has 0 saturated carbocycles. The SMILES string of the molecule is CC(C)Oc1ccc(CNC(=O)CCCNC(=O)C(C)(C)C)cc1. The summed E-state index contributed by atoms with van der Waals surface area (Å²) in [7, 11) is 0. The Balaban J connectivity index is 2.23. The highest BCUT2D eigenvalue weighted by Gasteiger charge is 2.20. The molecule has 5 heteroatoms. The summed E-state index contributed by atoms with van der Waals surface area (Å²) in [5.74, 6) is 0.823. The van der Waals surface area contributed by atoms with Crippen LogP contribution in [0.5, 0.6) is 5.75 Å². The van der Waals surface area contributed by atoms with Gasteiger partial charge in [0.1, 0.15) is 5.75 Å². The lowest BCUT2D eigenvalue weighted by molar-refractivity contribution is -0.128. The first kappa shape index (κ1) is 20.0. The van der Waals surface area contributed by atoms with Crippen molar-refractivity contribution in [3.63, 3.8) is 0 Å². The van der Waals surface area contributed by atoms with E-state index < -0.39 is 5.41 Å². The Bertz CT molecular complexity index is 531. The molecule has 0 spiro atoms. The summed E-state index contributed by atoms with van der Waals surface area (Å²) in [6.45, 7) is 10.6. The zero-order valence-corrected chi connectivity index (χ0v) is 15.4. The third-order valence-corrected chi connectivity index (χ3v) is 3.33. The molecule has 0 aromatic heterocycles. The van der Waals surface area contributed by atoms with E-state index in [0.29, 0.717) is 25.9 Å². The van der Waals surface area contributed by atoms with Crippen molar-refractivity contribution in [2.24, 2.45) is 5.41 Å². The number of rotatable bonds is 8. The van der Waals surface area contributed by atoms with Crippen LogP contribution in [0.1, 0.15) is 53.0 Å². The van der Waals surface area contributed by atoms with Crippen LogP contribution in [0.15, 0.2) is 24.3 Å². The van der Waals surface area contributed by atoms with Crippen molar-refractivity contribution in [3.8, 4) is 5.75 Å². The molecule has 0 saturated heterocycles. The average Bonchev–Trinajstić information content (AvgIpc) is 2.49. The van der Waals surface area contributed by atoms with Crippen molar-refractivity contribution in [1.29, 1.82) is 0 Å². The molecule has 24 heavy (non-hydrogen) atoms.